The first-order valence-corrected chi connectivity index (χ1v) is 14.2. The molecule has 1 aliphatic rings. The Bertz CT molecular complexity index is 1690. The molecule has 0 fully saturated rings. The van der Waals surface area contributed by atoms with Gasteiger partial charge in [-0.15, -0.1) is 0 Å². The topological polar surface area (TPSA) is 17.8 Å². The van der Waals surface area contributed by atoms with E-state index in [1.165, 1.54) is 54.2 Å². The number of pyridine rings is 1. The minimum absolute atomic E-state index is 1.16. The van der Waals surface area contributed by atoms with Crippen LogP contribution < -0.4 is 10.4 Å². The summed E-state index contributed by atoms with van der Waals surface area (Å²) >= 11 is 0. The highest BCUT2D eigenvalue weighted by Gasteiger charge is 2.37. The predicted molar refractivity (Wildman–Crippen MR) is 138 cm³/mol. The van der Waals surface area contributed by atoms with Crippen molar-refractivity contribution < 1.29 is 0 Å². The Morgan fingerprint density at radius 3 is 2.25 bits per heavy atom. The van der Waals surface area contributed by atoms with Gasteiger partial charge >= 0.3 is 0 Å². The van der Waals surface area contributed by atoms with E-state index in [9.17, 15) is 0 Å². The van der Waals surface area contributed by atoms with Crippen LogP contribution in [0.2, 0.25) is 13.1 Å². The third kappa shape index (κ3) is 2.16. The van der Waals surface area contributed by atoms with Crippen LogP contribution in [0, 0.1) is 0 Å². The van der Waals surface area contributed by atoms with Crippen molar-refractivity contribution >= 4 is 51.0 Å². The fraction of sp³-hybridized carbons (Fsp3) is 0.0690. The van der Waals surface area contributed by atoms with Crippen LogP contribution in [0.3, 0.4) is 0 Å². The third-order valence-corrected chi connectivity index (χ3v) is 10.7. The molecule has 3 heteroatoms. The quantitative estimate of drug-likeness (QED) is 0.289. The number of fused-ring (bicyclic) bond motifs is 4. The smallest absolute Gasteiger partial charge is 0.116 e. The molecule has 7 rings (SSSR count). The molecule has 0 saturated heterocycles. The average Bonchev–Trinajstić information content (AvgIpc) is 3.14. The number of hydrogen-bond donors (Lipinski definition) is 0. The second-order valence-corrected chi connectivity index (χ2v) is 13.6. The molecule has 0 spiro atoms. The van der Waals surface area contributed by atoms with Gasteiger partial charge in [0.15, 0.2) is 0 Å². The lowest BCUT2D eigenvalue weighted by atomic mass is 10.0. The van der Waals surface area contributed by atoms with Gasteiger partial charge in [-0.1, -0.05) is 79.8 Å². The van der Waals surface area contributed by atoms with Crippen LogP contribution >= 0.6 is 0 Å². The summed E-state index contributed by atoms with van der Waals surface area (Å²) in [7, 11) is -2.06. The molecule has 0 bridgehead atoms. The highest BCUT2D eigenvalue weighted by Crippen LogP contribution is 2.40. The molecule has 4 aromatic carbocycles. The molecule has 152 valence electrons. The monoisotopic (exact) mass is 426 g/mol. The Hall–Kier alpha value is -3.69. The lowest BCUT2D eigenvalue weighted by Crippen LogP contribution is -2.53. The second-order valence-electron chi connectivity index (χ2n) is 9.26. The van der Waals surface area contributed by atoms with Crippen LogP contribution in [-0.2, 0) is 0 Å². The summed E-state index contributed by atoms with van der Waals surface area (Å²) in [5.74, 6) is 0. The minimum Gasteiger partial charge on any atom is -0.309 e. The highest BCUT2D eigenvalue weighted by atomic mass is 28.3. The Labute approximate surface area is 187 Å². The second kappa shape index (κ2) is 6.18. The van der Waals surface area contributed by atoms with Crippen molar-refractivity contribution in [2.24, 2.45) is 0 Å². The van der Waals surface area contributed by atoms with E-state index in [1.54, 1.807) is 0 Å². The minimum atomic E-state index is -2.06. The summed E-state index contributed by atoms with van der Waals surface area (Å²) in [5.41, 5.74) is 6.16. The Kier molecular flexibility index (Phi) is 3.46. The van der Waals surface area contributed by atoms with E-state index in [1.807, 2.05) is 0 Å². The van der Waals surface area contributed by atoms with Crippen molar-refractivity contribution in [1.82, 2.24) is 9.55 Å². The van der Waals surface area contributed by atoms with E-state index >= 15 is 0 Å². The predicted octanol–water partition coefficient (Wildman–Crippen LogP) is 6.13. The maximum atomic E-state index is 5.11. The lowest BCUT2D eigenvalue weighted by Gasteiger charge is -2.27. The molecule has 0 aliphatic carbocycles. The van der Waals surface area contributed by atoms with Crippen molar-refractivity contribution in [2.75, 3.05) is 0 Å². The fourth-order valence-corrected chi connectivity index (χ4v) is 9.17. The molecule has 0 atom stereocenters. The standard InChI is InChI=1S/C29H22N2Si/c1-32(2)25-17-9-16-24-27(25)26-22(28-29(32)21-13-7-6-10-19(21)18-30-28)14-8-15-23(26)31(24)20-11-4-3-5-12-20/h3-18H,1-2H3. The summed E-state index contributed by atoms with van der Waals surface area (Å²) in [6, 6.07) is 33.1. The summed E-state index contributed by atoms with van der Waals surface area (Å²) in [6.45, 7) is 4.98. The van der Waals surface area contributed by atoms with Gasteiger partial charge in [0.1, 0.15) is 8.07 Å². The van der Waals surface area contributed by atoms with Gasteiger partial charge in [0.2, 0.25) is 0 Å². The largest absolute Gasteiger partial charge is 0.309 e. The first kappa shape index (κ1) is 17.9. The SMILES string of the molecule is C[Si]1(C)c2c(ncc3ccccc23)-c2cccc3c2c2c1cccc2n3-c1ccccc1. The molecule has 3 heterocycles. The van der Waals surface area contributed by atoms with Crippen molar-refractivity contribution in [3.05, 3.63) is 97.2 Å². The van der Waals surface area contributed by atoms with Crippen LogP contribution in [0.5, 0.6) is 0 Å². The summed E-state index contributed by atoms with van der Waals surface area (Å²) in [6.07, 6.45) is 2.05. The van der Waals surface area contributed by atoms with Crippen molar-refractivity contribution in [3.8, 4) is 16.9 Å². The molecular weight excluding hydrogens is 404 g/mol. The normalized spacial score (nSPS) is 14.2. The zero-order valence-electron chi connectivity index (χ0n) is 18.1. The van der Waals surface area contributed by atoms with Crippen molar-refractivity contribution in [2.45, 2.75) is 13.1 Å². The van der Waals surface area contributed by atoms with Crippen LogP contribution in [-0.4, -0.2) is 17.6 Å². The molecule has 0 unspecified atom stereocenters. The number of benzene rings is 4. The molecule has 32 heavy (non-hydrogen) atoms. The summed E-state index contributed by atoms with van der Waals surface area (Å²) < 4.78 is 2.42. The fourth-order valence-electron chi connectivity index (χ4n) is 5.82. The first-order chi connectivity index (χ1) is 15.7. The highest BCUT2D eigenvalue weighted by molar-refractivity contribution is 7.04. The van der Waals surface area contributed by atoms with Gasteiger partial charge in [-0.05, 0) is 45.4 Å². The Morgan fingerprint density at radius 1 is 0.688 bits per heavy atom. The van der Waals surface area contributed by atoms with Crippen molar-refractivity contribution in [1.29, 1.82) is 0 Å². The van der Waals surface area contributed by atoms with E-state index in [0.29, 0.717) is 0 Å². The molecule has 0 N–H and O–H groups in total. The van der Waals surface area contributed by atoms with Crippen LogP contribution in [0.4, 0.5) is 0 Å². The molecule has 0 saturated carbocycles. The van der Waals surface area contributed by atoms with E-state index < -0.39 is 8.07 Å². The molecule has 6 aromatic rings. The lowest BCUT2D eigenvalue weighted by molar-refractivity contribution is 1.18. The van der Waals surface area contributed by atoms with Gasteiger partial charge in [-0.2, -0.15) is 0 Å². The van der Waals surface area contributed by atoms with Crippen LogP contribution in [0.15, 0.2) is 97.2 Å². The molecular formula is C29H22N2Si. The number of hydrogen-bond acceptors (Lipinski definition) is 1. The molecule has 0 radical (unpaired) electrons. The van der Waals surface area contributed by atoms with Gasteiger partial charge in [-0.25, -0.2) is 0 Å². The zero-order valence-corrected chi connectivity index (χ0v) is 19.1. The number of nitrogens with zero attached hydrogens (tertiary/aromatic N) is 2. The van der Waals surface area contributed by atoms with Gasteiger partial charge in [0, 0.05) is 28.2 Å². The van der Waals surface area contributed by atoms with Gasteiger partial charge in [0.25, 0.3) is 0 Å². The average molecular weight is 427 g/mol. The number of aromatic nitrogens is 2. The van der Waals surface area contributed by atoms with E-state index in [4.69, 9.17) is 4.98 Å². The Balaban J connectivity index is 1.76. The van der Waals surface area contributed by atoms with Crippen LogP contribution in [0.25, 0.3) is 49.5 Å². The first-order valence-electron chi connectivity index (χ1n) is 11.2. The van der Waals surface area contributed by atoms with Gasteiger partial charge in [0.05, 0.1) is 16.7 Å². The third-order valence-electron chi connectivity index (χ3n) is 7.18. The van der Waals surface area contributed by atoms with E-state index in [2.05, 4.69) is 115 Å². The summed E-state index contributed by atoms with van der Waals surface area (Å²) in [4.78, 5) is 5.11. The van der Waals surface area contributed by atoms with Gasteiger partial charge < -0.3 is 4.57 Å². The van der Waals surface area contributed by atoms with E-state index in [0.717, 1.165) is 5.69 Å². The number of rotatable bonds is 1. The Morgan fingerprint density at radius 2 is 1.41 bits per heavy atom. The molecule has 1 aliphatic heterocycles. The molecule has 0 amide bonds. The molecule has 2 nitrogen and oxygen atoms in total. The van der Waals surface area contributed by atoms with Gasteiger partial charge in [-0.3, -0.25) is 4.98 Å². The molecule has 2 aromatic heterocycles. The van der Waals surface area contributed by atoms with Crippen molar-refractivity contribution in [3.63, 3.8) is 0 Å². The summed E-state index contributed by atoms with van der Waals surface area (Å²) in [5, 5.41) is 8.28. The maximum absolute atomic E-state index is 5.11. The van der Waals surface area contributed by atoms with Crippen LogP contribution in [0.1, 0.15) is 0 Å². The maximum Gasteiger partial charge on any atom is 0.116 e. The zero-order chi connectivity index (χ0) is 21.4. The number of para-hydroxylation sites is 1. The van der Waals surface area contributed by atoms with E-state index in [-0.39, 0.29) is 0 Å².